The quantitative estimate of drug-likeness (QED) is 0.605. The molecule has 0 fully saturated rings. The predicted molar refractivity (Wildman–Crippen MR) is 86.0 cm³/mol. The number of aromatic nitrogens is 3. The van der Waals surface area contributed by atoms with Crippen molar-refractivity contribution in [3.63, 3.8) is 0 Å². The molecule has 0 unspecified atom stereocenters. The Labute approximate surface area is 151 Å². The Morgan fingerprint density at radius 1 is 1.07 bits per heavy atom. The van der Waals surface area contributed by atoms with Crippen LogP contribution in [0.15, 0.2) is 47.1 Å². The monoisotopic (exact) mass is 379 g/mol. The maximum absolute atomic E-state index is 12.8. The molecule has 2 aromatic heterocycles. The molecule has 0 amide bonds. The molecule has 0 saturated carbocycles. The summed E-state index contributed by atoms with van der Waals surface area (Å²) >= 11 is 0. The van der Waals surface area contributed by atoms with Crippen LogP contribution in [0.5, 0.6) is 0 Å². The molecule has 27 heavy (non-hydrogen) atoms. The van der Waals surface area contributed by atoms with Crippen molar-refractivity contribution in [1.82, 2.24) is 15.1 Å². The first-order valence-electron chi connectivity index (χ1n) is 7.93. The van der Waals surface area contributed by atoms with Crippen molar-refractivity contribution in [2.24, 2.45) is 0 Å². The maximum atomic E-state index is 12.8. The van der Waals surface area contributed by atoms with Gasteiger partial charge in [-0.1, -0.05) is 17.3 Å². The normalized spacial score (nSPS) is 11.6. The summed E-state index contributed by atoms with van der Waals surface area (Å²) in [7, 11) is 0. The van der Waals surface area contributed by atoms with Crippen LogP contribution in [-0.4, -0.2) is 20.9 Å². The van der Waals surface area contributed by atoms with Gasteiger partial charge in [0.15, 0.2) is 0 Å². The van der Waals surface area contributed by atoms with E-state index >= 15 is 0 Å². The van der Waals surface area contributed by atoms with Crippen LogP contribution in [0.2, 0.25) is 0 Å². The number of carbonyl (C=O) groups excluding carboxylic acids is 1. The second-order valence-electron chi connectivity index (χ2n) is 5.80. The predicted octanol–water partition coefficient (Wildman–Crippen LogP) is 4.03. The molecular formula is C18H13F4N3O2. The molecule has 5 nitrogen and oxygen atoms in total. The van der Waals surface area contributed by atoms with Gasteiger partial charge in [-0.05, 0) is 36.2 Å². The fourth-order valence-corrected chi connectivity index (χ4v) is 2.35. The highest BCUT2D eigenvalue weighted by Crippen LogP contribution is 2.29. The van der Waals surface area contributed by atoms with Gasteiger partial charge in [0.25, 0.3) is 0 Å². The van der Waals surface area contributed by atoms with Gasteiger partial charge in [-0.2, -0.15) is 18.2 Å². The molecule has 3 aromatic rings. The Kier molecular flexibility index (Phi) is 5.29. The summed E-state index contributed by atoms with van der Waals surface area (Å²) in [5, 5.41) is 3.28. The fraction of sp³-hybridized carbons (Fsp3) is 0.222. The van der Waals surface area contributed by atoms with Gasteiger partial charge >= 0.3 is 12.1 Å². The summed E-state index contributed by atoms with van der Waals surface area (Å²) < 4.78 is 54.4. The number of alkyl halides is 3. The van der Waals surface area contributed by atoms with E-state index in [-0.39, 0.29) is 35.8 Å². The van der Waals surface area contributed by atoms with Crippen LogP contribution in [0, 0.1) is 5.82 Å². The topological polar surface area (TPSA) is 68.9 Å². The van der Waals surface area contributed by atoms with Gasteiger partial charge in [0.1, 0.15) is 11.6 Å². The molecule has 0 radical (unpaired) electrons. The van der Waals surface area contributed by atoms with Crippen molar-refractivity contribution in [2.75, 3.05) is 0 Å². The third kappa shape index (κ3) is 4.96. The summed E-state index contributed by atoms with van der Waals surface area (Å²) in [6, 6.07) is 8.80. The molecule has 0 bridgehead atoms. The van der Waals surface area contributed by atoms with Crippen molar-refractivity contribution >= 4 is 5.78 Å². The average molecular weight is 379 g/mol. The van der Waals surface area contributed by atoms with Crippen LogP contribution in [0.1, 0.15) is 23.6 Å². The third-order valence-corrected chi connectivity index (χ3v) is 3.73. The summed E-state index contributed by atoms with van der Waals surface area (Å²) in [4.78, 5) is 19.4. The first kappa shape index (κ1) is 18.7. The number of hydrogen-bond donors (Lipinski definition) is 0. The number of aryl methyl sites for hydroxylation is 1. The lowest BCUT2D eigenvalue weighted by atomic mass is 10.0. The highest BCUT2D eigenvalue weighted by molar-refractivity contribution is 5.81. The molecule has 0 aliphatic heterocycles. The molecule has 1 aromatic carbocycles. The molecule has 0 spiro atoms. The maximum Gasteiger partial charge on any atom is 0.471 e. The highest BCUT2D eigenvalue weighted by atomic mass is 19.4. The minimum atomic E-state index is -4.70. The molecule has 2 heterocycles. The first-order valence-corrected chi connectivity index (χ1v) is 7.93. The molecular weight excluding hydrogens is 366 g/mol. The second kappa shape index (κ2) is 7.65. The van der Waals surface area contributed by atoms with Crippen molar-refractivity contribution in [3.05, 3.63) is 65.6 Å². The van der Waals surface area contributed by atoms with E-state index in [9.17, 15) is 22.4 Å². The number of nitrogens with zero attached hydrogens (tertiary/aromatic N) is 3. The minimum absolute atomic E-state index is 0.0273. The smallest absolute Gasteiger partial charge is 0.329 e. The van der Waals surface area contributed by atoms with Gasteiger partial charge in [-0.25, -0.2) is 4.39 Å². The van der Waals surface area contributed by atoms with Gasteiger partial charge in [0.05, 0.1) is 0 Å². The van der Waals surface area contributed by atoms with Crippen LogP contribution in [0.4, 0.5) is 17.6 Å². The molecule has 140 valence electrons. The first-order chi connectivity index (χ1) is 12.8. The van der Waals surface area contributed by atoms with Crippen molar-refractivity contribution < 1.29 is 26.9 Å². The Bertz CT molecular complexity index is 919. The van der Waals surface area contributed by atoms with Crippen LogP contribution < -0.4 is 0 Å². The Balaban J connectivity index is 1.56. The van der Waals surface area contributed by atoms with Crippen molar-refractivity contribution in [2.45, 2.75) is 25.4 Å². The van der Waals surface area contributed by atoms with E-state index in [0.717, 1.165) is 5.56 Å². The van der Waals surface area contributed by atoms with E-state index in [1.54, 1.807) is 18.2 Å². The van der Waals surface area contributed by atoms with E-state index in [0.29, 0.717) is 12.1 Å². The van der Waals surface area contributed by atoms with E-state index in [1.165, 1.54) is 24.4 Å². The zero-order valence-electron chi connectivity index (χ0n) is 13.8. The minimum Gasteiger partial charge on any atom is -0.329 e. The summed E-state index contributed by atoms with van der Waals surface area (Å²) in [5.74, 6) is -2.03. The van der Waals surface area contributed by atoms with Crippen molar-refractivity contribution in [3.8, 4) is 11.4 Å². The van der Waals surface area contributed by atoms with Crippen LogP contribution in [-0.2, 0) is 23.8 Å². The van der Waals surface area contributed by atoms with E-state index < -0.39 is 12.1 Å². The number of pyridine rings is 1. The van der Waals surface area contributed by atoms with Crippen LogP contribution >= 0.6 is 0 Å². The fourth-order valence-electron chi connectivity index (χ4n) is 2.35. The lowest BCUT2D eigenvalue weighted by molar-refractivity contribution is -0.159. The van der Waals surface area contributed by atoms with Crippen LogP contribution in [0.3, 0.4) is 0 Å². The van der Waals surface area contributed by atoms with E-state index in [2.05, 4.69) is 19.6 Å². The molecule has 0 saturated heterocycles. The molecule has 0 N–H and O–H groups in total. The van der Waals surface area contributed by atoms with Crippen molar-refractivity contribution in [1.29, 1.82) is 0 Å². The summed E-state index contributed by atoms with van der Waals surface area (Å²) in [6.45, 7) is 0. The Morgan fingerprint density at radius 2 is 1.81 bits per heavy atom. The van der Waals surface area contributed by atoms with Gasteiger partial charge in [-0.15, -0.1) is 0 Å². The molecule has 0 aliphatic rings. The Morgan fingerprint density at radius 3 is 2.41 bits per heavy atom. The number of hydrogen-bond acceptors (Lipinski definition) is 5. The zero-order valence-corrected chi connectivity index (χ0v) is 13.8. The zero-order chi connectivity index (χ0) is 19.4. The summed E-state index contributed by atoms with van der Waals surface area (Å²) in [5.41, 5.74) is 1.60. The molecule has 0 aliphatic carbocycles. The number of ketones is 1. The third-order valence-electron chi connectivity index (χ3n) is 3.73. The Hall–Kier alpha value is -3.10. The summed E-state index contributed by atoms with van der Waals surface area (Å²) in [6.07, 6.45) is -2.57. The van der Waals surface area contributed by atoms with Gasteiger partial charge in [0.2, 0.25) is 5.82 Å². The number of halogens is 4. The van der Waals surface area contributed by atoms with Gasteiger partial charge in [-0.3, -0.25) is 9.78 Å². The lowest BCUT2D eigenvalue weighted by Gasteiger charge is -2.03. The highest BCUT2D eigenvalue weighted by Gasteiger charge is 2.38. The second-order valence-corrected chi connectivity index (χ2v) is 5.80. The number of benzene rings is 1. The molecule has 9 heteroatoms. The van der Waals surface area contributed by atoms with E-state index in [1.807, 2.05) is 0 Å². The SMILES string of the molecule is O=C(CCc1ccc(-c2noc(C(F)(F)F)n2)cn1)Cc1ccc(F)cc1. The van der Waals surface area contributed by atoms with Crippen LogP contribution in [0.25, 0.3) is 11.4 Å². The number of Topliss-reactive ketones (excluding diaryl/α,β-unsaturated/α-hetero) is 1. The van der Waals surface area contributed by atoms with Gasteiger partial charge in [0, 0.05) is 30.3 Å². The number of carbonyl (C=O) groups is 1. The molecule has 0 atom stereocenters. The average Bonchev–Trinajstić information content (AvgIpc) is 3.13. The lowest BCUT2D eigenvalue weighted by Crippen LogP contribution is -2.05. The molecule has 3 rings (SSSR count). The largest absolute Gasteiger partial charge is 0.471 e. The number of rotatable bonds is 6. The van der Waals surface area contributed by atoms with Gasteiger partial charge < -0.3 is 4.52 Å². The van der Waals surface area contributed by atoms with E-state index in [4.69, 9.17) is 0 Å². The standard InChI is InChI=1S/C18H13F4N3O2/c19-13-4-1-11(2-5-13)9-15(26)8-7-14-6-3-12(10-23-14)16-24-17(27-25-16)18(20,21)22/h1-6,10H,7-9H2.